The Labute approximate surface area is 125 Å². The third-order valence-electron chi connectivity index (χ3n) is 4.64. The molecule has 2 rings (SSSR count). The number of likely N-dealkylation sites (tertiary alicyclic amines) is 1. The Balaban J connectivity index is 1.88. The summed E-state index contributed by atoms with van der Waals surface area (Å²) in [6, 6.07) is -0.995. The number of nitrogens with one attached hydrogen (secondary N) is 1. The van der Waals surface area contributed by atoms with E-state index in [4.69, 9.17) is 4.74 Å². The molecule has 0 aromatic heterocycles. The highest BCUT2D eigenvalue weighted by molar-refractivity contribution is 5.83. The van der Waals surface area contributed by atoms with Crippen LogP contribution in [-0.4, -0.2) is 54.9 Å². The maximum Gasteiger partial charge on any atom is 0.326 e. The van der Waals surface area contributed by atoms with Crippen LogP contribution in [-0.2, 0) is 9.53 Å². The normalized spacial score (nSPS) is 24.8. The van der Waals surface area contributed by atoms with E-state index >= 15 is 0 Å². The van der Waals surface area contributed by atoms with Crippen LogP contribution in [0.2, 0.25) is 0 Å². The smallest absolute Gasteiger partial charge is 0.326 e. The van der Waals surface area contributed by atoms with Gasteiger partial charge in [0.2, 0.25) is 0 Å². The molecule has 1 saturated heterocycles. The molecule has 0 radical (unpaired) electrons. The van der Waals surface area contributed by atoms with Gasteiger partial charge in [-0.15, -0.1) is 0 Å². The molecule has 1 saturated carbocycles. The van der Waals surface area contributed by atoms with Gasteiger partial charge in [-0.25, -0.2) is 9.59 Å². The second-order valence-corrected chi connectivity index (χ2v) is 6.22. The summed E-state index contributed by atoms with van der Waals surface area (Å²) in [5.41, 5.74) is 0. The highest BCUT2D eigenvalue weighted by Gasteiger charge is 2.33. The Kier molecular flexibility index (Phi) is 5.85. The summed E-state index contributed by atoms with van der Waals surface area (Å²) < 4.78 is 5.12. The van der Waals surface area contributed by atoms with Gasteiger partial charge in [0.1, 0.15) is 6.04 Å². The fourth-order valence-corrected chi connectivity index (χ4v) is 3.46. The molecule has 2 N–H and O–H groups in total. The molecular weight excluding hydrogens is 272 g/mol. The lowest BCUT2D eigenvalue weighted by Gasteiger charge is -2.29. The summed E-state index contributed by atoms with van der Waals surface area (Å²) in [6.07, 6.45) is 5.99. The minimum Gasteiger partial charge on any atom is -0.480 e. The Morgan fingerprint density at radius 3 is 2.62 bits per heavy atom. The van der Waals surface area contributed by atoms with Gasteiger partial charge in [-0.1, -0.05) is 19.3 Å². The molecule has 120 valence electrons. The Hall–Kier alpha value is -1.30. The molecule has 2 atom stereocenters. The van der Waals surface area contributed by atoms with Gasteiger partial charge in [0.15, 0.2) is 0 Å². The number of carboxylic acid groups (broad SMARTS) is 1. The molecular formula is C15H26N2O4. The molecule has 1 heterocycles. The van der Waals surface area contributed by atoms with Crippen LogP contribution < -0.4 is 5.32 Å². The summed E-state index contributed by atoms with van der Waals surface area (Å²) in [4.78, 5) is 25.4. The monoisotopic (exact) mass is 298 g/mol. The molecule has 2 aliphatic rings. The number of ether oxygens (including phenoxy) is 1. The van der Waals surface area contributed by atoms with Crippen molar-refractivity contribution in [3.05, 3.63) is 0 Å². The number of hydrogen-bond acceptors (Lipinski definition) is 3. The average Bonchev–Trinajstić information content (AvgIpc) is 2.94. The number of rotatable bonds is 5. The minimum atomic E-state index is -0.914. The number of carbonyl (C=O) groups excluding carboxylic acids is 1. The van der Waals surface area contributed by atoms with Crippen molar-refractivity contribution in [3.8, 4) is 0 Å². The van der Waals surface area contributed by atoms with Crippen LogP contribution in [0.3, 0.4) is 0 Å². The molecule has 1 aliphatic carbocycles. The Morgan fingerprint density at radius 2 is 2.00 bits per heavy atom. The third kappa shape index (κ3) is 4.33. The molecule has 2 amide bonds. The highest BCUT2D eigenvalue weighted by atomic mass is 16.5. The van der Waals surface area contributed by atoms with E-state index in [2.05, 4.69) is 5.32 Å². The molecule has 6 heteroatoms. The van der Waals surface area contributed by atoms with Crippen LogP contribution in [0.15, 0.2) is 0 Å². The maximum atomic E-state index is 12.3. The Morgan fingerprint density at radius 1 is 1.29 bits per heavy atom. The van der Waals surface area contributed by atoms with Crippen LogP contribution >= 0.6 is 0 Å². The van der Waals surface area contributed by atoms with Crippen molar-refractivity contribution in [3.63, 3.8) is 0 Å². The standard InChI is InChI=1S/C15H26N2O4/c1-21-10-11-7-8-17(9-11)15(20)16-13(14(18)19)12-5-3-2-4-6-12/h11-13H,2-10H2,1H3,(H,16,20)(H,18,19). The number of amides is 2. The van der Waals surface area contributed by atoms with E-state index in [1.165, 1.54) is 6.42 Å². The van der Waals surface area contributed by atoms with E-state index in [0.717, 1.165) is 32.1 Å². The predicted molar refractivity (Wildman–Crippen MR) is 78.1 cm³/mol. The zero-order valence-electron chi connectivity index (χ0n) is 12.7. The van der Waals surface area contributed by atoms with E-state index in [1.54, 1.807) is 12.0 Å². The van der Waals surface area contributed by atoms with Crippen molar-refractivity contribution in [1.82, 2.24) is 10.2 Å². The summed E-state index contributed by atoms with van der Waals surface area (Å²) in [6.45, 7) is 1.97. The number of hydrogen-bond donors (Lipinski definition) is 2. The fourth-order valence-electron chi connectivity index (χ4n) is 3.46. The van der Waals surface area contributed by atoms with E-state index in [-0.39, 0.29) is 11.9 Å². The van der Waals surface area contributed by atoms with Crippen LogP contribution in [0.1, 0.15) is 38.5 Å². The zero-order valence-corrected chi connectivity index (χ0v) is 12.7. The molecule has 2 fully saturated rings. The number of nitrogens with zero attached hydrogens (tertiary/aromatic N) is 1. The quantitative estimate of drug-likeness (QED) is 0.809. The van der Waals surface area contributed by atoms with Crippen LogP contribution in [0.4, 0.5) is 4.79 Å². The predicted octanol–water partition coefficient (Wildman–Crippen LogP) is 1.70. The summed E-state index contributed by atoms with van der Waals surface area (Å²) in [5.74, 6) is -0.487. The van der Waals surface area contributed by atoms with Gasteiger partial charge in [-0.3, -0.25) is 0 Å². The average molecular weight is 298 g/mol. The minimum absolute atomic E-state index is 0.0672. The summed E-state index contributed by atoms with van der Waals surface area (Å²) in [5, 5.41) is 12.1. The van der Waals surface area contributed by atoms with E-state index in [9.17, 15) is 14.7 Å². The van der Waals surface area contributed by atoms with Crippen molar-refractivity contribution in [2.45, 2.75) is 44.6 Å². The van der Waals surface area contributed by atoms with Crippen molar-refractivity contribution in [1.29, 1.82) is 0 Å². The van der Waals surface area contributed by atoms with Gasteiger partial charge in [0.25, 0.3) is 0 Å². The third-order valence-corrected chi connectivity index (χ3v) is 4.64. The van der Waals surface area contributed by atoms with Gasteiger partial charge in [0, 0.05) is 26.1 Å². The topological polar surface area (TPSA) is 78.9 Å². The largest absolute Gasteiger partial charge is 0.480 e. The van der Waals surface area contributed by atoms with Crippen molar-refractivity contribution < 1.29 is 19.4 Å². The van der Waals surface area contributed by atoms with Crippen LogP contribution in [0.5, 0.6) is 0 Å². The molecule has 1 aliphatic heterocycles. The second kappa shape index (κ2) is 7.64. The molecule has 2 unspecified atom stereocenters. The number of methoxy groups -OCH3 is 1. The second-order valence-electron chi connectivity index (χ2n) is 6.22. The molecule has 6 nitrogen and oxygen atoms in total. The number of carboxylic acids is 1. The number of aliphatic carboxylic acids is 1. The van der Waals surface area contributed by atoms with Crippen molar-refractivity contribution >= 4 is 12.0 Å². The fraction of sp³-hybridized carbons (Fsp3) is 0.867. The lowest BCUT2D eigenvalue weighted by atomic mass is 9.84. The first-order valence-electron chi connectivity index (χ1n) is 7.89. The lowest BCUT2D eigenvalue weighted by molar-refractivity contribution is -0.141. The lowest BCUT2D eigenvalue weighted by Crippen LogP contribution is -2.51. The summed E-state index contributed by atoms with van der Waals surface area (Å²) in [7, 11) is 1.66. The van der Waals surface area contributed by atoms with Crippen LogP contribution in [0, 0.1) is 11.8 Å². The number of urea groups is 1. The van der Waals surface area contributed by atoms with E-state index in [0.29, 0.717) is 25.6 Å². The highest BCUT2D eigenvalue weighted by Crippen LogP contribution is 2.27. The first kappa shape index (κ1) is 16.1. The summed E-state index contributed by atoms with van der Waals surface area (Å²) >= 11 is 0. The SMILES string of the molecule is COCC1CCN(C(=O)NC(C(=O)O)C2CCCCC2)C1. The Bertz CT molecular complexity index is 369. The van der Waals surface area contributed by atoms with Gasteiger partial charge < -0.3 is 20.1 Å². The molecule has 0 spiro atoms. The number of carbonyl (C=O) groups is 2. The van der Waals surface area contributed by atoms with Gasteiger partial charge in [-0.05, 0) is 25.2 Å². The van der Waals surface area contributed by atoms with Gasteiger partial charge >= 0.3 is 12.0 Å². The van der Waals surface area contributed by atoms with Gasteiger partial charge in [0.05, 0.1) is 6.61 Å². The van der Waals surface area contributed by atoms with E-state index in [1.807, 2.05) is 0 Å². The first-order chi connectivity index (χ1) is 10.1. The van der Waals surface area contributed by atoms with Crippen molar-refractivity contribution in [2.75, 3.05) is 26.8 Å². The molecule has 0 aromatic rings. The maximum absolute atomic E-state index is 12.3. The van der Waals surface area contributed by atoms with Crippen LogP contribution in [0.25, 0.3) is 0 Å². The zero-order chi connectivity index (χ0) is 15.2. The van der Waals surface area contributed by atoms with E-state index < -0.39 is 12.0 Å². The van der Waals surface area contributed by atoms with Gasteiger partial charge in [-0.2, -0.15) is 0 Å². The molecule has 21 heavy (non-hydrogen) atoms. The molecule has 0 aromatic carbocycles. The van der Waals surface area contributed by atoms with Crippen molar-refractivity contribution in [2.24, 2.45) is 11.8 Å². The first-order valence-corrected chi connectivity index (χ1v) is 7.89. The molecule has 0 bridgehead atoms.